The van der Waals surface area contributed by atoms with Gasteiger partial charge in [0.15, 0.2) is 0 Å². The molecule has 0 bridgehead atoms. The first-order valence-corrected chi connectivity index (χ1v) is 5.78. The molecule has 0 amide bonds. The second kappa shape index (κ2) is 7.74. The summed E-state index contributed by atoms with van der Waals surface area (Å²) in [4.78, 5) is 0. The molecule has 2 aromatic rings. The van der Waals surface area contributed by atoms with Crippen molar-refractivity contribution < 1.29 is 4.74 Å². The van der Waals surface area contributed by atoms with Crippen LogP contribution in [-0.2, 0) is 13.1 Å². The highest BCUT2D eigenvalue weighted by Crippen LogP contribution is 2.13. The molecular formula is C13H18ClN3O. The number of aromatic nitrogens is 2. The summed E-state index contributed by atoms with van der Waals surface area (Å²) >= 11 is 0. The van der Waals surface area contributed by atoms with E-state index in [9.17, 15) is 0 Å². The van der Waals surface area contributed by atoms with Crippen LogP contribution in [0.3, 0.4) is 0 Å². The van der Waals surface area contributed by atoms with Crippen LogP contribution in [0.4, 0.5) is 0 Å². The van der Waals surface area contributed by atoms with Crippen molar-refractivity contribution in [2.45, 2.75) is 19.5 Å². The quantitative estimate of drug-likeness (QED) is 0.817. The molecular weight excluding hydrogens is 250 g/mol. The summed E-state index contributed by atoms with van der Waals surface area (Å²) in [5, 5.41) is 4.13. The summed E-state index contributed by atoms with van der Waals surface area (Å²) in [7, 11) is 0. The standard InChI is InChI=1S/C13H17N3O.ClH/c14-11-12-4-1-5-13(10-12)17-9-3-8-16-7-2-6-15-16;/h1-2,4-7,10H,3,8-9,11,14H2;1H. The highest BCUT2D eigenvalue weighted by Gasteiger charge is 1.96. The van der Waals surface area contributed by atoms with Crippen molar-refractivity contribution in [1.82, 2.24) is 9.78 Å². The average Bonchev–Trinajstić information content (AvgIpc) is 2.88. The molecule has 0 atom stereocenters. The number of benzene rings is 1. The molecule has 0 aliphatic rings. The summed E-state index contributed by atoms with van der Waals surface area (Å²) in [6, 6.07) is 9.81. The zero-order valence-electron chi connectivity index (χ0n) is 10.2. The molecule has 0 aliphatic heterocycles. The molecule has 0 aliphatic carbocycles. The Labute approximate surface area is 113 Å². The van der Waals surface area contributed by atoms with E-state index in [1.165, 1.54) is 0 Å². The van der Waals surface area contributed by atoms with Crippen molar-refractivity contribution in [2.24, 2.45) is 5.73 Å². The number of halogens is 1. The molecule has 1 heterocycles. The Morgan fingerprint density at radius 3 is 2.89 bits per heavy atom. The lowest BCUT2D eigenvalue weighted by molar-refractivity contribution is 0.298. The molecule has 0 spiro atoms. The van der Waals surface area contributed by atoms with E-state index in [4.69, 9.17) is 10.5 Å². The smallest absolute Gasteiger partial charge is 0.119 e. The van der Waals surface area contributed by atoms with Gasteiger partial charge in [-0.1, -0.05) is 12.1 Å². The maximum absolute atomic E-state index is 5.65. The largest absolute Gasteiger partial charge is 0.494 e. The van der Waals surface area contributed by atoms with E-state index >= 15 is 0 Å². The van der Waals surface area contributed by atoms with E-state index in [1.807, 2.05) is 41.2 Å². The fourth-order valence-electron chi connectivity index (χ4n) is 1.61. The van der Waals surface area contributed by atoms with Crippen LogP contribution in [0, 0.1) is 0 Å². The monoisotopic (exact) mass is 267 g/mol. The molecule has 2 N–H and O–H groups in total. The maximum Gasteiger partial charge on any atom is 0.119 e. The fourth-order valence-corrected chi connectivity index (χ4v) is 1.61. The molecule has 0 saturated heterocycles. The predicted molar refractivity (Wildman–Crippen MR) is 73.9 cm³/mol. The molecule has 18 heavy (non-hydrogen) atoms. The van der Waals surface area contributed by atoms with Gasteiger partial charge in [-0.3, -0.25) is 4.68 Å². The van der Waals surface area contributed by atoms with Gasteiger partial charge in [-0.15, -0.1) is 12.4 Å². The number of hydrogen-bond donors (Lipinski definition) is 1. The summed E-state index contributed by atoms with van der Waals surface area (Å²) in [5.74, 6) is 0.883. The van der Waals surface area contributed by atoms with E-state index in [1.54, 1.807) is 6.20 Å². The molecule has 1 aromatic carbocycles. The molecule has 1 aromatic heterocycles. The van der Waals surface area contributed by atoms with Crippen LogP contribution in [0.2, 0.25) is 0 Å². The molecule has 4 nitrogen and oxygen atoms in total. The highest BCUT2D eigenvalue weighted by atomic mass is 35.5. The van der Waals surface area contributed by atoms with Crippen LogP contribution in [0.1, 0.15) is 12.0 Å². The van der Waals surface area contributed by atoms with Crippen LogP contribution in [0.5, 0.6) is 5.75 Å². The minimum absolute atomic E-state index is 0. The van der Waals surface area contributed by atoms with E-state index < -0.39 is 0 Å². The van der Waals surface area contributed by atoms with Crippen LogP contribution in [0.15, 0.2) is 42.7 Å². The van der Waals surface area contributed by atoms with Gasteiger partial charge in [-0.2, -0.15) is 5.10 Å². The molecule has 0 saturated carbocycles. The molecule has 0 radical (unpaired) electrons. The zero-order valence-corrected chi connectivity index (χ0v) is 11.0. The summed E-state index contributed by atoms with van der Waals surface area (Å²) < 4.78 is 7.55. The van der Waals surface area contributed by atoms with Crippen LogP contribution in [0.25, 0.3) is 0 Å². The maximum atomic E-state index is 5.65. The van der Waals surface area contributed by atoms with Crippen molar-refractivity contribution in [3.05, 3.63) is 48.3 Å². The second-order valence-corrected chi connectivity index (χ2v) is 3.82. The van der Waals surface area contributed by atoms with E-state index in [0.29, 0.717) is 13.2 Å². The first kappa shape index (κ1) is 14.5. The van der Waals surface area contributed by atoms with Crippen molar-refractivity contribution in [3.63, 3.8) is 0 Å². The van der Waals surface area contributed by atoms with Crippen molar-refractivity contribution >= 4 is 12.4 Å². The Bertz CT molecular complexity index is 445. The van der Waals surface area contributed by atoms with Crippen LogP contribution >= 0.6 is 12.4 Å². The predicted octanol–water partition coefficient (Wildman–Crippen LogP) is 2.23. The lowest BCUT2D eigenvalue weighted by atomic mass is 10.2. The fraction of sp³-hybridized carbons (Fsp3) is 0.308. The van der Waals surface area contributed by atoms with Gasteiger partial charge in [-0.25, -0.2) is 0 Å². The SMILES string of the molecule is Cl.NCc1cccc(OCCCn2cccn2)c1. The van der Waals surface area contributed by atoms with Gasteiger partial charge in [0.05, 0.1) is 6.61 Å². The molecule has 0 fully saturated rings. The Morgan fingerprint density at radius 2 is 2.17 bits per heavy atom. The number of nitrogens with two attached hydrogens (primary N) is 1. The minimum atomic E-state index is 0. The van der Waals surface area contributed by atoms with Gasteiger partial charge < -0.3 is 10.5 Å². The lowest BCUT2D eigenvalue weighted by Gasteiger charge is -2.07. The molecule has 5 heteroatoms. The number of nitrogens with zero attached hydrogens (tertiary/aromatic N) is 2. The van der Waals surface area contributed by atoms with E-state index in [2.05, 4.69) is 5.10 Å². The van der Waals surface area contributed by atoms with Gasteiger partial charge in [0, 0.05) is 31.9 Å². The Morgan fingerprint density at radius 1 is 1.28 bits per heavy atom. The van der Waals surface area contributed by atoms with Crippen molar-refractivity contribution in [2.75, 3.05) is 6.61 Å². The van der Waals surface area contributed by atoms with E-state index in [-0.39, 0.29) is 12.4 Å². The molecule has 98 valence electrons. The van der Waals surface area contributed by atoms with Crippen LogP contribution < -0.4 is 10.5 Å². The topological polar surface area (TPSA) is 53.1 Å². The summed E-state index contributed by atoms with van der Waals surface area (Å²) in [6.07, 6.45) is 4.68. The van der Waals surface area contributed by atoms with Gasteiger partial charge >= 0.3 is 0 Å². The number of rotatable bonds is 6. The Kier molecular flexibility index (Phi) is 6.25. The van der Waals surface area contributed by atoms with Gasteiger partial charge in [-0.05, 0) is 23.8 Å². The number of ether oxygens (including phenoxy) is 1. The first-order valence-electron chi connectivity index (χ1n) is 5.78. The average molecular weight is 268 g/mol. The summed E-state index contributed by atoms with van der Waals surface area (Å²) in [5.41, 5.74) is 6.66. The third-order valence-electron chi connectivity index (χ3n) is 2.49. The molecule has 2 rings (SSSR count). The lowest BCUT2D eigenvalue weighted by Crippen LogP contribution is -2.05. The van der Waals surface area contributed by atoms with Gasteiger partial charge in [0.1, 0.15) is 5.75 Å². The zero-order chi connectivity index (χ0) is 11.9. The Hall–Kier alpha value is -1.52. The van der Waals surface area contributed by atoms with Crippen LogP contribution in [-0.4, -0.2) is 16.4 Å². The highest BCUT2D eigenvalue weighted by molar-refractivity contribution is 5.85. The Balaban J connectivity index is 0.00000162. The van der Waals surface area contributed by atoms with Crippen molar-refractivity contribution in [1.29, 1.82) is 0 Å². The third kappa shape index (κ3) is 4.39. The second-order valence-electron chi connectivity index (χ2n) is 3.82. The minimum Gasteiger partial charge on any atom is -0.494 e. The number of aryl methyl sites for hydroxylation is 1. The summed E-state index contributed by atoms with van der Waals surface area (Å²) in [6.45, 7) is 2.11. The van der Waals surface area contributed by atoms with Gasteiger partial charge in [0.2, 0.25) is 0 Å². The third-order valence-corrected chi connectivity index (χ3v) is 2.49. The first-order chi connectivity index (χ1) is 8.38. The van der Waals surface area contributed by atoms with Crippen molar-refractivity contribution in [3.8, 4) is 5.75 Å². The van der Waals surface area contributed by atoms with E-state index in [0.717, 1.165) is 24.3 Å². The number of hydrogen-bond acceptors (Lipinski definition) is 3. The van der Waals surface area contributed by atoms with Gasteiger partial charge in [0.25, 0.3) is 0 Å². The normalized spacial score (nSPS) is 9.83. The molecule has 0 unspecified atom stereocenters.